The normalized spacial score (nSPS) is 10.3. The van der Waals surface area contributed by atoms with E-state index in [4.69, 9.17) is 0 Å². The van der Waals surface area contributed by atoms with Crippen LogP contribution in [-0.2, 0) is 11.2 Å². The molecule has 0 aliphatic carbocycles. The molecular weight excluding hydrogens is 231 g/mol. The Morgan fingerprint density at radius 3 is 2.56 bits per heavy atom. The second-order valence-corrected chi connectivity index (χ2v) is 4.23. The molecule has 0 aliphatic heterocycles. The zero-order chi connectivity index (χ0) is 13.2. The van der Waals surface area contributed by atoms with Crippen molar-refractivity contribution in [1.29, 1.82) is 0 Å². The molecule has 0 spiro atoms. The van der Waals surface area contributed by atoms with Gasteiger partial charge in [-0.1, -0.05) is 19.1 Å². The van der Waals surface area contributed by atoms with E-state index in [-0.39, 0.29) is 11.7 Å². The quantitative estimate of drug-likeness (QED) is 0.694. The molecule has 1 amide bonds. The van der Waals surface area contributed by atoms with E-state index in [1.807, 2.05) is 0 Å². The zero-order valence-electron chi connectivity index (χ0n) is 10.8. The fourth-order valence-electron chi connectivity index (χ4n) is 1.59. The number of amides is 1. The van der Waals surface area contributed by atoms with E-state index in [9.17, 15) is 9.18 Å². The lowest BCUT2D eigenvalue weighted by Crippen LogP contribution is -2.32. The van der Waals surface area contributed by atoms with Crippen molar-refractivity contribution < 1.29 is 9.18 Å². The van der Waals surface area contributed by atoms with Crippen LogP contribution in [0.5, 0.6) is 0 Å². The Morgan fingerprint density at radius 1 is 1.17 bits per heavy atom. The second kappa shape index (κ2) is 8.64. The van der Waals surface area contributed by atoms with Crippen molar-refractivity contribution in [2.45, 2.75) is 26.2 Å². The first kappa shape index (κ1) is 14.6. The van der Waals surface area contributed by atoms with Crippen LogP contribution in [0.15, 0.2) is 24.3 Å². The van der Waals surface area contributed by atoms with Crippen molar-refractivity contribution in [2.24, 2.45) is 0 Å². The van der Waals surface area contributed by atoms with Gasteiger partial charge in [-0.15, -0.1) is 0 Å². The third kappa shape index (κ3) is 6.35. The van der Waals surface area contributed by atoms with Gasteiger partial charge in [-0.3, -0.25) is 4.79 Å². The summed E-state index contributed by atoms with van der Waals surface area (Å²) >= 11 is 0. The Kier molecular flexibility index (Phi) is 7.03. The Hall–Kier alpha value is -1.42. The summed E-state index contributed by atoms with van der Waals surface area (Å²) in [7, 11) is 0. The molecule has 1 aromatic rings. The van der Waals surface area contributed by atoms with E-state index < -0.39 is 0 Å². The Labute approximate surface area is 108 Å². The van der Waals surface area contributed by atoms with E-state index in [2.05, 4.69) is 17.6 Å². The third-order valence-electron chi connectivity index (χ3n) is 2.60. The number of halogens is 1. The topological polar surface area (TPSA) is 41.1 Å². The summed E-state index contributed by atoms with van der Waals surface area (Å²) in [5.74, 6) is -0.206. The fraction of sp³-hybridized carbons (Fsp3) is 0.500. The summed E-state index contributed by atoms with van der Waals surface area (Å²) in [5, 5.41) is 6.06. The standard InChI is InChI=1S/C14H21FN2O/c1-2-9-16-10-11-17-14(18)8-5-12-3-6-13(15)7-4-12/h3-4,6-7,16H,2,5,8-11H2,1H3,(H,17,18). The SMILES string of the molecule is CCCNCCNC(=O)CCc1ccc(F)cc1. The number of carbonyl (C=O) groups excluding carboxylic acids is 1. The summed E-state index contributed by atoms with van der Waals surface area (Å²) in [6, 6.07) is 6.26. The molecule has 0 atom stereocenters. The first-order valence-corrected chi connectivity index (χ1v) is 6.44. The summed E-state index contributed by atoms with van der Waals surface area (Å²) in [6.07, 6.45) is 2.19. The van der Waals surface area contributed by atoms with Crippen LogP contribution < -0.4 is 10.6 Å². The molecule has 0 saturated heterocycles. The number of carbonyl (C=O) groups is 1. The molecule has 18 heavy (non-hydrogen) atoms. The Bertz CT molecular complexity index is 351. The van der Waals surface area contributed by atoms with Crippen molar-refractivity contribution in [3.8, 4) is 0 Å². The molecule has 1 rings (SSSR count). The van der Waals surface area contributed by atoms with Gasteiger partial charge < -0.3 is 10.6 Å². The highest BCUT2D eigenvalue weighted by Gasteiger charge is 2.01. The minimum absolute atomic E-state index is 0.0395. The molecule has 100 valence electrons. The van der Waals surface area contributed by atoms with Gasteiger partial charge in [0.2, 0.25) is 5.91 Å². The van der Waals surface area contributed by atoms with Gasteiger partial charge in [0.05, 0.1) is 0 Å². The summed E-state index contributed by atoms with van der Waals surface area (Å²) in [6.45, 7) is 4.54. The van der Waals surface area contributed by atoms with E-state index in [1.54, 1.807) is 12.1 Å². The molecule has 4 heteroatoms. The Balaban J connectivity index is 2.11. The van der Waals surface area contributed by atoms with Crippen LogP contribution in [0.25, 0.3) is 0 Å². The Morgan fingerprint density at radius 2 is 1.89 bits per heavy atom. The molecule has 0 radical (unpaired) electrons. The molecule has 0 aromatic heterocycles. The van der Waals surface area contributed by atoms with Crippen LogP contribution in [-0.4, -0.2) is 25.5 Å². The number of benzene rings is 1. The largest absolute Gasteiger partial charge is 0.355 e. The maximum absolute atomic E-state index is 12.7. The minimum Gasteiger partial charge on any atom is -0.355 e. The minimum atomic E-state index is -0.245. The number of hydrogen-bond acceptors (Lipinski definition) is 2. The van der Waals surface area contributed by atoms with Gasteiger partial charge in [-0.05, 0) is 37.1 Å². The fourth-order valence-corrected chi connectivity index (χ4v) is 1.59. The lowest BCUT2D eigenvalue weighted by Gasteiger charge is -2.06. The molecular formula is C14H21FN2O. The maximum atomic E-state index is 12.7. The average molecular weight is 252 g/mol. The second-order valence-electron chi connectivity index (χ2n) is 4.23. The highest BCUT2D eigenvalue weighted by atomic mass is 19.1. The summed E-state index contributed by atoms with van der Waals surface area (Å²) < 4.78 is 12.7. The van der Waals surface area contributed by atoms with Gasteiger partial charge in [0.15, 0.2) is 0 Å². The number of nitrogens with one attached hydrogen (secondary N) is 2. The van der Waals surface area contributed by atoms with Crippen LogP contribution in [0.2, 0.25) is 0 Å². The molecule has 2 N–H and O–H groups in total. The zero-order valence-corrected chi connectivity index (χ0v) is 10.8. The first-order valence-electron chi connectivity index (χ1n) is 6.44. The van der Waals surface area contributed by atoms with Crippen LogP contribution in [0.4, 0.5) is 4.39 Å². The molecule has 0 bridgehead atoms. The highest BCUT2D eigenvalue weighted by Crippen LogP contribution is 2.05. The van der Waals surface area contributed by atoms with Crippen LogP contribution in [0.3, 0.4) is 0 Å². The summed E-state index contributed by atoms with van der Waals surface area (Å²) in [4.78, 5) is 11.5. The monoisotopic (exact) mass is 252 g/mol. The van der Waals surface area contributed by atoms with Crippen LogP contribution in [0.1, 0.15) is 25.3 Å². The first-order chi connectivity index (χ1) is 8.72. The molecule has 0 heterocycles. The van der Waals surface area contributed by atoms with E-state index in [1.165, 1.54) is 12.1 Å². The van der Waals surface area contributed by atoms with E-state index in [0.717, 1.165) is 25.1 Å². The third-order valence-corrected chi connectivity index (χ3v) is 2.60. The van der Waals surface area contributed by atoms with Gasteiger partial charge in [0, 0.05) is 19.5 Å². The van der Waals surface area contributed by atoms with Gasteiger partial charge in [-0.2, -0.15) is 0 Å². The molecule has 1 aromatic carbocycles. The number of rotatable bonds is 8. The van der Waals surface area contributed by atoms with Crippen molar-refractivity contribution in [2.75, 3.05) is 19.6 Å². The number of aryl methyl sites for hydroxylation is 1. The van der Waals surface area contributed by atoms with Crippen molar-refractivity contribution >= 4 is 5.91 Å². The van der Waals surface area contributed by atoms with Gasteiger partial charge in [-0.25, -0.2) is 4.39 Å². The average Bonchev–Trinajstić information content (AvgIpc) is 2.38. The highest BCUT2D eigenvalue weighted by molar-refractivity contribution is 5.76. The summed E-state index contributed by atoms with van der Waals surface area (Å²) in [5.41, 5.74) is 0.982. The lowest BCUT2D eigenvalue weighted by molar-refractivity contribution is -0.121. The van der Waals surface area contributed by atoms with Gasteiger partial charge >= 0.3 is 0 Å². The van der Waals surface area contributed by atoms with Crippen molar-refractivity contribution in [3.05, 3.63) is 35.6 Å². The lowest BCUT2D eigenvalue weighted by atomic mass is 10.1. The van der Waals surface area contributed by atoms with Crippen molar-refractivity contribution in [3.63, 3.8) is 0 Å². The smallest absolute Gasteiger partial charge is 0.220 e. The number of hydrogen-bond donors (Lipinski definition) is 2. The van der Waals surface area contributed by atoms with Crippen molar-refractivity contribution in [1.82, 2.24) is 10.6 Å². The predicted octanol–water partition coefficient (Wildman–Crippen LogP) is 1.87. The molecule has 3 nitrogen and oxygen atoms in total. The van der Waals surface area contributed by atoms with E-state index >= 15 is 0 Å². The van der Waals surface area contributed by atoms with Crippen LogP contribution in [0, 0.1) is 5.82 Å². The predicted molar refractivity (Wildman–Crippen MR) is 70.9 cm³/mol. The van der Waals surface area contributed by atoms with E-state index in [0.29, 0.717) is 19.4 Å². The molecule has 0 fully saturated rings. The molecule has 0 saturated carbocycles. The molecule has 0 aliphatic rings. The van der Waals surface area contributed by atoms with Gasteiger partial charge in [0.1, 0.15) is 5.82 Å². The molecule has 0 unspecified atom stereocenters. The maximum Gasteiger partial charge on any atom is 0.220 e. The van der Waals surface area contributed by atoms with Gasteiger partial charge in [0.25, 0.3) is 0 Å². The van der Waals surface area contributed by atoms with Crippen LogP contribution >= 0.6 is 0 Å².